The minimum atomic E-state index is -0.891. The van der Waals surface area contributed by atoms with Gasteiger partial charge in [-0.15, -0.1) is 11.3 Å². The lowest BCUT2D eigenvalue weighted by Crippen LogP contribution is -2.13. The number of ether oxygens (including phenoxy) is 1. The van der Waals surface area contributed by atoms with Crippen LogP contribution in [0.15, 0.2) is 30.3 Å². The Hall–Kier alpha value is -1.81. The van der Waals surface area contributed by atoms with E-state index >= 15 is 0 Å². The Morgan fingerprint density at radius 2 is 1.95 bits per heavy atom. The second kappa shape index (κ2) is 5.90. The van der Waals surface area contributed by atoms with E-state index in [1.54, 1.807) is 12.1 Å². The molecule has 1 heterocycles. The van der Waals surface area contributed by atoms with Gasteiger partial charge >= 0.3 is 5.97 Å². The normalized spacial score (nSPS) is 11.4. The SMILES string of the molecule is Cc1ccc(C(C)(C)C)c(OCc2ccc(C(=O)O)s2)c1. The molecule has 0 atom stereocenters. The molecule has 0 aliphatic rings. The topological polar surface area (TPSA) is 46.5 Å². The van der Waals surface area contributed by atoms with Gasteiger partial charge in [0.1, 0.15) is 17.2 Å². The fourth-order valence-corrected chi connectivity index (χ4v) is 2.85. The third kappa shape index (κ3) is 3.85. The monoisotopic (exact) mass is 304 g/mol. The highest BCUT2D eigenvalue weighted by atomic mass is 32.1. The minimum Gasteiger partial charge on any atom is -0.488 e. The molecule has 112 valence electrons. The first-order valence-corrected chi connectivity index (χ1v) is 7.65. The van der Waals surface area contributed by atoms with Gasteiger partial charge in [0, 0.05) is 4.88 Å². The van der Waals surface area contributed by atoms with Crippen molar-refractivity contribution in [2.75, 3.05) is 0 Å². The number of thiophene rings is 1. The summed E-state index contributed by atoms with van der Waals surface area (Å²) in [7, 11) is 0. The highest BCUT2D eigenvalue weighted by Gasteiger charge is 2.19. The van der Waals surface area contributed by atoms with Crippen molar-refractivity contribution in [3.63, 3.8) is 0 Å². The van der Waals surface area contributed by atoms with Crippen molar-refractivity contribution in [2.45, 2.75) is 39.7 Å². The molecule has 1 aromatic heterocycles. The van der Waals surface area contributed by atoms with Crippen molar-refractivity contribution in [1.82, 2.24) is 0 Å². The fourth-order valence-electron chi connectivity index (χ4n) is 2.09. The summed E-state index contributed by atoms with van der Waals surface area (Å²) in [6.07, 6.45) is 0. The molecule has 1 aromatic carbocycles. The van der Waals surface area contributed by atoms with Crippen LogP contribution in [-0.4, -0.2) is 11.1 Å². The largest absolute Gasteiger partial charge is 0.488 e. The Labute approximate surface area is 129 Å². The number of hydrogen-bond acceptors (Lipinski definition) is 3. The average Bonchev–Trinajstić information content (AvgIpc) is 2.83. The van der Waals surface area contributed by atoms with E-state index in [0.29, 0.717) is 11.5 Å². The van der Waals surface area contributed by atoms with E-state index in [0.717, 1.165) is 21.8 Å². The Bertz CT molecular complexity index is 650. The average molecular weight is 304 g/mol. The van der Waals surface area contributed by atoms with Crippen molar-refractivity contribution in [3.8, 4) is 5.75 Å². The highest BCUT2D eigenvalue weighted by Crippen LogP contribution is 2.33. The van der Waals surface area contributed by atoms with Gasteiger partial charge in [-0.1, -0.05) is 32.9 Å². The molecular weight excluding hydrogens is 284 g/mol. The first-order valence-electron chi connectivity index (χ1n) is 6.83. The van der Waals surface area contributed by atoms with Crippen LogP contribution in [0.3, 0.4) is 0 Å². The van der Waals surface area contributed by atoms with E-state index in [2.05, 4.69) is 32.9 Å². The summed E-state index contributed by atoms with van der Waals surface area (Å²) in [5, 5.41) is 8.94. The van der Waals surface area contributed by atoms with E-state index in [1.807, 2.05) is 13.0 Å². The zero-order chi connectivity index (χ0) is 15.6. The van der Waals surface area contributed by atoms with Gasteiger partial charge in [0.05, 0.1) is 0 Å². The fraction of sp³-hybridized carbons (Fsp3) is 0.353. The molecule has 0 aliphatic carbocycles. The van der Waals surface area contributed by atoms with Gasteiger partial charge < -0.3 is 9.84 Å². The highest BCUT2D eigenvalue weighted by molar-refractivity contribution is 7.13. The summed E-state index contributed by atoms with van der Waals surface area (Å²) in [6.45, 7) is 8.88. The van der Waals surface area contributed by atoms with Gasteiger partial charge in [0.2, 0.25) is 0 Å². The number of aryl methyl sites for hydroxylation is 1. The van der Waals surface area contributed by atoms with Crippen LogP contribution in [0, 0.1) is 6.92 Å². The van der Waals surface area contributed by atoms with Crippen molar-refractivity contribution in [2.24, 2.45) is 0 Å². The Morgan fingerprint density at radius 1 is 1.24 bits per heavy atom. The molecule has 0 unspecified atom stereocenters. The molecule has 4 heteroatoms. The number of aromatic carboxylic acids is 1. The number of carbonyl (C=O) groups is 1. The van der Waals surface area contributed by atoms with Crippen molar-refractivity contribution in [3.05, 3.63) is 51.2 Å². The maximum absolute atomic E-state index is 10.9. The van der Waals surface area contributed by atoms with Gasteiger partial charge in [-0.3, -0.25) is 0 Å². The zero-order valence-electron chi connectivity index (χ0n) is 12.8. The van der Waals surface area contributed by atoms with Crippen LogP contribution < -0.4 is 4.74 Å². The Balaban J connectivity index is 2.19. The van der Waals surface area contributed by atoms with Crippen LogP contribution in [0.1, 0.15) is 46.4 Å². The molecule has 0 spiro atoms. The number of rotatable bonds is 4. The zero-order valence-corrected chi connectivity index (χ0v) is 13.6. The lowest BCUT2D eigenvalue weighted by molar-refractivity contribution is 0.0702. The van der Waals surface area contributed by atoms with Gasteiger partial charge in [-0.25, -0.2) is 4.79 Å². The molecular formula is C17H20O3S. The molecule has 0 saturated heterocycles. The Morgan fingerprint density at radius 3 is 2.52 bits per heavy atom. The molecule has 3 nitrogen and oxygen atoms in total. The third-order valence-electron chi connectivity index (χ3n) is 3.19. The molecule has 0 aliphatic heterocycles. The van der Waals surface area contributed by atoms with E-state index in [9.17, 15) is 4.79 Å². The predicted octanol–water partition coefficient (Wildman–Crippen LogP) is 4.63. The van der Waals surface area contributed by atoms with Crippen LogP contribution in [-0.2, 0) is 12.0 Å². The molecule has 0 saturated carbocycles. The van der Waals surface area contributed by atoms with Crippen LogP contribution in [0.2, 0.25) is 0 Å². The first kappa shape index (κ1) is 15.6. The summed E-state index contributed by atoms with van der Waals surface area (Å²) < 4.78 is 5.94. The third-order valence-corrected chi connectivity index (χ3v) is 4.23. The van der Waals surface area contributed by atoms with Gasteiger partial charge in [-0.05, 0) is 41.7 Å². The lowest BCUT2D eigenvalue weighted by Gasteiger charge is -2.23. The maximum Gasteiger partial charge on any atom is 0.345 e. The lowest BCUT2D eigenvalue weighted by atomic mass is 9.86. The second-order valence-corrected chi connectivity index (χ2v) is 7.28. The number of hydrogen-bond donors (Lipinski definition) is 1. The summed E-state index contributed by atoms with van der Waals surface area (Å²) in [4.78, 5) is 12.1. The summed E-state index contributed by atoms with van der Waals surface area (Å²) in [5.74, 6) is -0.0232. The second-order valence-electron chi connectivity index (χ2n) is 6.11. The number of carboxylic acids is 1. The molecule has 0 radical (unpaired) electrons. The summed E-state index contributed by atoms with van der Waals surface area (Å²) in [6, 6.07) is 9.64. The number of benzene rings is 1. The standard InChI is InChI=1S/C17H20O3S/c1-11-5-7-13(17(2,3)4)14(9-11)20-10-12-6-8-15(21-12)16(18)19/h5-9H,10H2,1-4H3,(H,18,19). The molecule has 0 amide bonds. The quantitative estimate of drug-likeness (QED) is 0.895. The smallest absolute Gasteiger partial charge is 0.345 e. The van der Waals surface area contributed by atoms with Crippen LogP contribution in [0.4, 0.5) is 0 Å². The maximum atomic E-state index is 10.9. The van der Waals surface area contributed by atoms with Gasteiger partial charge in [0.15, 0.2) is 0 Å². The van der Waals surface area contributed by atoms with Crippen LogP contribution in [0.25, 0.3) is 0 Å². The molecule has 1 N–H and O–H groups in total. The van der Waals surface area contributed by atoms with Crippen molar-refractivity contribution >= 4 is 17.3 Å². The molecule has 0 bridgehead atoms. The molecule has 2 rings (SSSR count). The summed E-state index contributed by atoms with van der Waals surface area (Å²) >= 11 is 1.25. The summed E-state index contributed by atoms with van der Waals surface area (Å²) in [5.41, 5.74) is 2.31. The predicted molar refractivity (Wildman–Crippen MR) is 85.5 cm³/mol. The minimum absolute atomic E-state index is 0.00467. The molecule has 21 heavy (non-hydrogen) atoms. The number of carboxylic acid groups (broad SMARTS) is 1. The van der Waals surface area contributed by atoms with Gasteiger partial charge in [-0.2, -0.15) is 0 Å². The van der Waals surface area contributed by atoms with E-state index < -0.39 is 5.97 Å². The van der Waals surface area contributed by atoms with E-state index in [1.165, 1.54) is 11.3 Å². The molecule has 2 aromatic rings. The van der Waals surface area contributed by atoms with E-state index in [4.69, 9.17) is 9.84 Å². The first-order chi connectivity index (χ1) is 9.77. The van der Waals surface area contributed by atoms with Gasteiger partial charge in [0.25, 0.3) is 0 Å². The van der Waals surface area contributed by atoms with Crippen LogP contribution in [0.5, 0.6) is 5.75 Å². The van der Waals surface area contributed by atoms with Crippen LogP contribution >= 0.6 is 11.3 Å². The van der Waals surface area contributed by atoms with Crippen molar-refractivity contribution in [1.29, 1.82) is 0 Å². The Kier molecular flexibility index (Phi) is 4.37. The molecule has 0 fully saturated rings. The van der Waals surface area contributed by atoms with Crippen molar-refractivity contribution < 1.29 is 14.6 Å². The van der Waals surface area contributed by atoms with E-state index in [-0.39, 0.29) is 5.41 Å².